The summed E-state index contributed by atoms with van der Waals surface area (Å²) in [5, 5.41) is 6.43. The first-order valence-electron chi connectivity index (χ1n) is 9.82. The molecule has 170 valence electrons. The smallest absolute Gasteiger partial charge is 0.325 e. The van der Waals surface area contributed by atoms with Crippen LogP contribution in [0.2, 0.25) is 5.02 Å². The number of aromatic nitrogens is 2. The minimum Gasteiger partial charge on any atom is -0.329 e. The third-order valence-corrected chi connectivity index (χ3v) is 6.58. The zero-order valence-electron chi connectivity index (χ0n) is 17.6. The van der Waals surface area contributed by atoms with Gasteiger partial charge in [-0.2, -0.15) is 0 Å². The molecule has 0 radical (unpaired) electrons. The summed E-state index contributed by atoms with van der Waals surface area (Å²) in [7, 11) is 1.85. The van der Waals surface area contributed by atoms with Crippen molar-refractivity contribution < 1.29 is 18.8 Å². The number of hydrogen-bond donors (Lipinski definition) is 2. The van der Waals surface area contributed by atoms with Gasteiger partial charge >= 0.3 is 6.03 Å². The van der Waals surface area contributed by atoms with Crippen LogP contribution in [-0.2, 0) is 22.2 Å². The number of benzene rings is 2. The SMILES string of the molecule is Cn1ccnc1Sc1ccc(Cl)cc1NC(=O)CN1C(=O)N[C@@](C)(c2ccc(F)cc2)C1=O. The summed E-state index contributed by atoms with van der Waals surface area (Å²) >= 11 is 7.44. The minimum atomic E-state index is -1.40. The van der Waals surface area contributed by atoms with Crippen molar-refractivity contribution in [3.63, 3.8) is 0 Å². The number of aryl methyl sites for hydroxylation is 1. The molecule has 4 amide bonds. The van der Waals surface area contributed by atoms with Crippen molar-refractivity contribution in [1.29, 1.82) is 0 Å². The maximum absolute atomic E-state index is 13.3. The molecule has 1 atom stereocenters. The maximum Gasteiger partial charge on any atom is 0.325 e. The molecule has 0 bridgehead atoms. The van der Waals surface area contributed by atoms with Crippen LogP contribution >= 0.6 is 23.4 Å². The van der Waals surface area contributed by atoms with Crippen LogP contribution in [0.25, 0.3) is 0 Å². The zero-order chi connectivity index (χ0) is 23.8. The Morgan fingerprint density at radius 1 is 1.24 bits per heavy atom. The molecular formula is C22H19ClFN5O3S. The molecule has 8 nitrogen and oxygen atoms in total. The molecule has 1 aliphatic rings. The Morgan fingerprint density at radius 2 is 1.97 bits per heavy atom. The van der Waals surface area contributed by atoms with Crippen molar-refractivity contribution in [2.75, 3.05) is 11.9 Å². The molecule has 1 aliphatic heterocycles. The van der Waals surface area contributed by atoms with Gasteiger partial charge in [-0.25, -0.2) is 14.2 Å². The summed E-state index contributed by atoms with van der Waals surface area (Å²) in [6.07, 6.45) is 3.46. The van der Waals surface area contributed by atoms with Crippen LogP contribution in [0, 0.1) is 5.82 Å². The van der Waals surface area contributed by atoms with Crippen LogP contribution in [0.15, 0.2) is 64.9 Å². The Morgan fingerprint density at radius 3 is 2.64 bits per heavy atom. The van der Waals surface area contributed by atoms with E-state index in [0.29, 0.717) is 26.3 Å². The molecule has 0 saturated carbocycles. The average Bonchev–Trinajstić information content (AvgIpc) is 3.26. The van der Waals surface area contributed by atoms with E-state index >= 15 is 0 Å². The Balaban J connectivity index is 1.51. The molecule has 11 heteroatoms. The number of nitrogens with one attached hydrogen (secondary N) is 2. The number of hydrogen-bond acceptors (Lipinski definition) is 5. The lowest BCUT2D eigenvalue weighted by atomic mass is 9.92. The first kappa shape index (κ1) is 22.8. The van der Waals surface area contributed by atoms with Crippen molar-refractivity contribution in [2.45, 2.75) is 22.5 Å². The number of imidazole rings is 1. The van der Waals surface area contributed by atoms with Crippen molar-refractivity contribution in [2.24, 2.45) is 7.05 Å². The predicted octanol–water partition coefficient (Wildman–Crippen LogP) is 3.77. The van der Waals surface area contributed by atoms with Gasteiger partial charge in [-0.1, -0.05) is 23.7 Å². The summed E-state index contributed by atoms with van der Waals surface area (Å²) in [6.45, 7) is 1.01. The quantitative estimate of drug-likeness (QED) is 0.516. The number of imide groups is 1. The van der Waals surface area contributed by atoms with E-state index in [4.69, 9.17) is 11.6 Å². The largest absolute Gasteiger partial charge is 0.329 e. The molecule has 0 aliphatic carbocycles. The predicted molar refractivity (Wildman–Crippen MR) is 121 cm³/mol. The van der Waals surface area contributed by atoms with Gasteiger partial charge in [-0.05, 0) is 54.6 Å². The van der Waals surface area contributed by atoms with Gasteiger partial charge in [0.25, 0.3) is 5.91 Å². The van der Waals surface area contributed by atoms with Crippen molar-refractivity contribution in [1.82, 2.24) is 19.8 Å². The van der Waals surface area contributed by atoms with Crippen LogP contribution in [0.5, 0.6) is 0 Å². The molecular weight excluding hydrogens is 469 g/mol. The number of carbonyl (C=O) groups is 3. The molecule has 2 aromatic carbocycles. The van der Waals surface area contributed by atoms with Crippen molar-refractivity contribution >= 4 is 46.9 Å². The lowest BCUT2D eigenvalue weighted by molar-refractivity contribution is -0.133. The first-order chi connectivity index (χ1) is 15.7. The van der Waals surface area contributed by atoms with E-state index in [2.05, 4.69) is 15.6 Å². The second-order valence-electron chi connectivity index (χ2n) is 7.56. The number of urea groups is 1. The van der Waals surface area contributed by atoms with E-state index in [1.807, 2.05) is 11.6 Å². The number of carbonyl (C=O) groups excluding carboxylic acids is 3. The lowest BCUT2D eigenvalue weighted by Gasteiger charge is -2.22. The highest BCUT2D eigenvalue weighted by atomic mass is 35.5. The Labute approximate surface area is 198 Å². The third kappa shape index (κ3) is 4.57. The van der Waals surface area contributed by atoms with E-state index in [1.165, 1.54) is 43.0 Å². The van der Waals surface area contributed by atoms with Gasteiger partial charge in [-0.3, -0.25) is 14.5 Å². The standard InChI is InChI=1S/C22H19ClFN5O3S/c1-22(13-3-6-15(24)7-4-13)19(31)29(20(32)27-22)12-18(30)26-16-11-14(23)5-8-17(16)33-21-25-9-10-28(21)2/h3-11H,12H2,1-2H3,(H,26,30)(H,27,32)/t22-/m0/s1. The van der Waals surface area contributed by atoms with Crippen molar-refractivity contribution in [3.05, 3.63) is 71.3 Å². The number of anilines is 1. The summed E-state index contributed by atoms with van der Waals surface area (Å²) in [5.41, 5.74) is -0.567. The molecule has 1 aromatic heterocycles. The van der Waals surface area contributed by atoms with Gasteiger partial charge in [0.15, 0.2) is 5.16 Å². The number of nitrogens with zero attached hydrogens (tertiary/aromatic N) is 3. The number of halogens is 2. The molecule has 0 unspecified atom stereocenters. The van der Waals surface area contributed by atoms with E-state index in [1.54, 1.807) is 30.6 Å². The number of rotatable bonds is 6. The van der Waals surface area contributed by atoms with Crippen LogP contribution in [-0.4, -0.2) is 38.8 Å². The van der Waals surface area contributed by atoms with Crippen LogP contribution in [0.1, 0.15) is 12.5 Å². The van der Waals surface area contributed by atoms with E-state index in [0.717, 1.165) is 4.90 Å². The zero-order valence-corrected chi connectivity index (χ0v) is 19.2. The topological polar surface area (TPSA) is 96.3 Å². The van der Waals surface area contributed by atoms with Gasteiger partial charge in [0.05, 0.1) is 5.69 Å². The molecule has 1 saturated heterocycles. The average molecular weight is 488 g/mol. The van der Waals surface area contributed by atoms with Gasteiger partial charge in [-0.15, -0.1) is 0 Å². The van der Waals surface area contributed by atoms with Crippen molar-refractivity contribution in [3.8, 4) is 0 Å². The summed E-state index contributed by atoms with van der Waals surface area (Å²) in [4.78, 5) is 44.1. The van der Waals surface area contributed by atoms with E-state index in [-0.39, 0.29) is 0 Å². The second-order valence-corrected chi connectivity index (χ2v) is 9.01. The first-order valence-corrected chi connectivity index (χ1v) is 11.0. The van der Waals surface area contributed by atoms with E-state index < -0.39 is 35.7 Å². The molecule has 33 heavy (non-hydrogen) atoms. The van der Waals surface area contributed by atoms with E-state index in [9.17, 15) is 18.8 Å². The van der Waals surface area contributed by atoms with Gasteiger partial charge in [0.1, 0.15) is 17.9 Å². The monoisotopic (exact) mass is 487 g/mol. The fraction of sp³-hybridized carbons (Fsp3) is 0.182. The Bertz CT molecular complexity index is 1250. The number of amides is 4. The fourth-order valence-corrected chi connectivity index (χ4v) is 4.43. The molecule has 0 spiro atoms. The minimum absolute atomic E-state index is 0.411. The third-order valence-electron chi connectivity index (χ3n) is 5.19. The normalized spacial score (nSPS) is 17.9. The Hall–Kier alpha value is -3.37. The fourth-order valence-electron chi connectivity index (χ4n) is 3.39. The highest BCUT2D eigenvalue weighted by Gasteiger charge is 2.49. The molecule has 2 heterocycles. The molecule has 3 aromatic rings. The van der Waals surface area contributed by atoms with Crippen LogP contribution < -0.4 is 10.6 Å². The second kappa shape index (κ2) is 8.87. The maximum atomic E-state index is 13.3. The van der Waals surface area contributed by atoms with Gasteiger partial charge in [0.2, 0.25) is 5.91 Å². The van der Waals surface area contributed by atoms with Crippen LogP contribution in [0.3, 0.4) is 0 Å². The Kier molecular flexibility index (Phi) is 6.13. The lowest BCUT2D eigenvalue weighted by Crippen LogP contribution is -2.42. The molecule has 2 N–H and O–H groups in total. The van der Waals surface area contributed by atoms with Gasteiger partial charge < -0.3 is 15.2 Å². The molecule has 1 fully saturated rings. The summed E-state index contributed by atoms with van der Waals surface area (Å²) in [6, 6.07) is 9.55. The highest BCUT2D eigenvalue weighted by molar-refractivity contribution is 7.99. The summed E-state index contributed by atoms with van der Waals surface area (Å²) in [5.74, 6) is -1.65. The summed E-state index contributed by atoms with van der Waals surface area (Å²) < 4.78 is 15.1. The van der Waals surface area contributed by atoms with Gasteiger partial charge in [0, 0.05) is 29.4 Å². The molecule has 4 rings (SSSR count). The highest BCUT2D eigenvalue weighted by Crippen LogP contribution is 2.34. The van der Waals surface area contributed by atoms with Crippen LogP contribution in [0.4, 0.5) is 14.9 Å².